The van der Waals surface area contributed by atoms with Gasteiger partial charge in [-0.05, 0) is 23.8 Å². The molecule has 8 heteroatoms. The molecular weight excluding hydrogens is 267 g/mol. The van der Waals surface area contributed by atoms with E-state index in [-0.39, 0.29) is 10.6 Å². The van der Waals surface area contributed by atoms with Crippen LogP contribution in [0.5, 0.6) is 0 Å². The van der Waals surface area contributed by atoms with E-state index < -0.39 is 27.5 Å². The van der Waals surface area contributed by atoms with E-state index in [2.05, 4.69) is 0 Å². The van der Waals surface area contributed by atoms with Gasteiger partial charge in [-0.2, -0.15) is 13.2 Å². The molecule has 0 aliphatic carbocycles. The minimum atomic E-state index is -4.54. The van der Waals surface area contributed by atoms with Crippen molar-refractivity contribution in [1.29, 1.82) is 0 Å². The second-order valence-electron chi connectivity index (χ2n) is 3.11. The molecule has 2 N–H and O–H groups in total. The molecule has 0 fully saturated rings. The van der Waals surface area contributed by atoms with Crippen LogP contribution in [0.2, 0.25) is 5.02 Å². The van der Waals surface area contributed by atoms with E-state index in [1.807, 2.05) is 0 Å². The molecular formula is C8H7ClF3NO2S. The van der Waals surface area contributed by atoms with Crippen LogP contribution >= 0.6 is 11.6 Å². The van der Waals surface area contributed by atoms with E-state index in [0.29, 0.717) is 6.07 Å². The van der Waals surface area contributed by atoms with E-state index in [4.69, 9.17) is 16.7 Å². The van der Waals surface area contributed by atoms with Crippen LogP contribution in [-0.4, -0.2) is 8.42 Å². The molecule has 0 atom stereocenters. The average Bonchev–Trinajstić information content (AvgIpc) is 2.04. The normalized spacial score (nSPS) is 12.8. The van der Waals surface area contributed by atoms with Gasteiger partial charge in [0.05, 0.1) is 11.3 Å². The molecule has 90 valence electrons. The van der Waals surface area contributed by atoms with Crippen molar-refractivity contribution in [3.63, 3.8) is 0 Å². The molecule has 0 bridgehead atoms. The summed E-state index contributed by atoms with van der Waals surface area (Å²) in [7, 11) is -3.91. The summed E-state index contributed by atoms with van der Waals surface area (Å²) >= 11 is 5.57. The Kier molecular flexibility index (Phi) is 3.51. The highest BCUT2D eigenvalue weighted by atomic mass is 35.5. The molecule has 0 radical (unpaired) electrons. The zero-order chi connectivity index (χ0) is 12.6. The van der Waals surface area contributed by atoms with Crippen molar-refractivity contribution >= 4 is 21.6 Å². The minimum Gasteiger partial charge on any atom is -0.228 e. The van der Waals surface area contributed by atoms with Crippen molar-refractivity contribution in [2.75, 3.05) is 0 Å². The van der Waals surface area contributed by atoms with Crippen LogP contribution in [-0.2, 0) is 22.0 Å². The predicted molar refractivity (Wildman–Crippen MR) is 53.3 cm³/mol. The fraction of sp³-hybridized carbons (Fsp3) is 0.250. The lowest BCUT2D eigenvalue weighted by Crippen LogP contribution is -2.15. The molecule has 0 aliphatic rings. The number of halogens is 4. The Morgan fingerprint density at radius 1 is 1.31 bits per heavy atom. The molecule has 1 aromatic carbocycles. The van der Waals surface area contributed by atoms with Crippen LogP contribution < -0.4 is 5.14 Å². The highest BCUT2D eigenvalue weighted by Gasteiger charge is 2.31. The topological polar surface area (TPSA) is 60.2 Å². The molecule has 0 heterocycles. The van der Waals surface area contributed by atoms with Crippen molar-refractivity contribution in [2.45, 2.75) is 11.9 Å². The van der Waals surface area contributed by atoms with Gasteiger partial charge in [0.1, 0.15) is 0 Å². The summed E-state index contributed by atoms with van der Waals surface area (Å²) in [5, 5.41) is 4.66. The van der Waals surface area contributed by atoms with Crippen molar-refractivity contribution in [1.82, 2.24) is 0 Å². The van der Waals surface area contributed by atoms with Gasteiger partial charge in [-0.15, -0.1) is 0 Å². The van der Waals surface area contributed by atoms with E-state index in [1.165, 1.54) is 0 Å². The first-order valence-electron chi connectivity index (χ1n) is 3.96. The molecule has 16 heavy (non-hydrogen) atoms. The van der Waals surface area contributed by atoms with Gasteiger partial charge in [0.2, 0.25) is 10.0 Å². The van der Waals surface area contributed by atoms with Crippen LogP contribution in [0.1, 0.15) is 11.1 Å². The Bertz CT molecular complexity index is 498. The van der Waals surface area contributed by atoms with Crippen molar-refractivity contribution in [3.8, 4) is 0 Å². The molecule has 0 amide bonds. The summed E-state index contributed by atoms with van der Waals surface area (Å²) in [4.78, 5) is 0. The van der Waals surface area contributed by atoms with Gasteiger partial charge in [0, 0.05) is 5.02 Å². The van der Waals surface area contributed by atoms with Gasteiger partial charge in [0.15, 0.2) is 0 Å². The van der Waals surface area contributed by atoms with E-state index in [9.17, 15) is 21.6 Å². The number of alkyl halides is 3. The summed E-state index contributed by atoms with van der Waals surface area (Å²) in [6.07, 6.45) is -4.54. The summed E-state index contributed by atoms with van der Waals surface area (Å²) in [6, 6.07) is 2.44. The molecule has 0 saturated carbocycles. The Morgan fingerprint density at radius 2 is 1.88 bits per heavy atom. The van der Waals surface area contributed by atoms with Gasteiger partial charge >= 0.3 is 6.18 Å². The predicted octanol–water partition coefficient (Wildman–Crippen LogP) is 2.15. The molecule has 0 aliphatic heterocycles. The summed E-state index contributed by atoms with van der Waals surface area (Å²) in [5.74, 6) is -0.726. The number of primary sulfonamides is 1. The Hall–Kier alpha value is -0.790. The summed E-state index contributed by atoms with van der Waals surface area (Å²) in [6.45, 7) is 0. The van der Waals surface area contributed by atoms with E-state index in [0.717, 1.165) is 12.1 Å². The van der Waals surface area contributed by atoms with Gasteiger partial charge < -0.3 is 0 Å². The largest absolute Gasteiger partial charge is 0.416 e. The lowest BCUT2D eigenvalue weighted by Gasteiger charge is -2.09. The molecule has 0 unspecified atom stereocenters. The number of hydrogen-bond acceptors (Lipinski definition) is 2. The van der Waals surface area contributed by atoms with Crippen LogP contribution in [0.3, 0.4) is 0 Å². The molecule has 1 aromatic rings. The smallest absolute Gasteiger partial charge is 0.228 e. The second kappa shape index (κ2) is 4.23. The number of sulfonamides is 1. The number of rotatable bonds is 2. The van der Waals surface area contributed by atoms with Gasteiger partial charge in [-0.3, -0.25) is 0 Å². The number of benzene rings is 1. The lowest BCUT2D eigenvalue weighted by molar-refractivity contribution is -0.137. The molecule has 1 rings (SSSR count). The zero-order valence-electron chi connectivity index (χ0n) is 7.75. The van der Waals surface area contributed by atoms with Crippen molar-refractivity contribution in [2.24, 2.45) is 5.14 Å². The highest BCUT2D eigenvalue weighted by Crippen LogP contribution is 2.32. The first-order valence-corrected chi connectivity index (χ1v) is 6.05. The fourth-order valence-corrected chi connectivity index (χ4v) is 2.01. The molecule has 0 saturated heterocycles. The summed E-state index contributed by atoms with van der Waals surface area (Å²) < 4.78 is 58.4. The van der Waals surface area contributed by atoms with Crippen LogP contribution in [0.4, 0.5) is 13.2 Å². The van der Waals surface area contributed by atoms with E-state index in [1.54, 1.807) is 0 Å². The zero-order valence-corrected chi connectivity index (χ0v) is 9.33. The average molecular weight is 274 g/mol. The van der Waals surface area contributed by atoms with Gasteiger partial charge in [-0.25, -0.2) is 13.6 Å². The maximum absolute atomic E-state index is 12.3. The van der Waals surface area contributed by atoms with Crippen LogP contribution in [0, 0.1) is 0 Å². The maximum Gasteiger partial charge on any atom is 0.416 e. The van der Waals surface area contributed by atoms with Crippen LogP contribution in [0.15, 0.2) is 18.2 Å². The molecule has 0 aromatic heterocycles. The van der Waals surface area contributed by atoms with E-state index >= 15 is 0 Å². The fourth-order valence-electron chi connectivity index (χ4n) is 1.08. The van der Waals surface area contributed by atoms with Crippen molar-refractivity contribution < 1.29 is 21.6 Å². The van der Waals surface area contributed by atoms with Crippen LogP contribution in [0.25, 0.3) is 0 Å². The quantitative estimate of drug-likeness (QED) is 0.897. The molecule has 0 spiro atoms. The Labute approximate surface area is 95.1 Å². The summed E-state index contributed by atoms with van der Waals surface area (Å²) in [5.41, 5.74) is -1.13. The third-order valence-corrected chi connectivity index (χ3v) is 2.81. The van der Waals surface area contributed by atoms with Gasteiger partial charge in [0.25, 0.3) is 0 Å². The minimum absolute atomic E-state index is 0.0676. The lowest BCUT2D eigenvalue weighted by atomic mass is 10.1. The third-order valence-electron chi connectivity index (χ3n) is 1.73. The van der Waals surface area contributed by atoms with Crippen molar-refractivity contribution in [3.05, 3.63) is 34.3 Å². The second-order valence-corrected chi connectivity index (χ2v) is 5.13. The Balaban J connectivity index is 3.20. The first kappa shape index (κ1) is 13.3. The van der Waals surface area contributed by atoms with Gasteiger partial charge in [-0.1, -0.05) is 11.6 Å². The first-order chi connectivity index (χ1) is 7.09. The standard InChI is InChI=1S/C8H7ClF3NO2S/c9-7-2-1-6(8(10,11)12)3-5(7)4-16(13,14)15/h1-3H,4H2,(H2,13,14,15). The third kappa shape index (κ3) is 3.66. The molecule has 3 nitrogen and oxygen atoms in total. The highest BCUT2D eigenvalue weighted by molar-refractivity contribution is 7.88. The Morgan fingerprint density at radius 3 is 2.31 bits per heavy atom. The SMILES string of the molecule is NS(=O)(=O)Cc1cc(C(F)(F)F)ccc1Cl. The number of nitrogens with two attached hydrogens (primary N) is 1. The monoisotopic (exact) mass is 273 g/mol. The maximum atomic E-state index is 12.3. The number of hydrogen-bond donors (Lipinski definition) is 1.